The number of nitrogens with zero attached hydrogens (tertiary/aromatic N) is 2. The number of carbonyl (C=O) groups is 1. The summed E-state index contributed by atoms with van der Waals surface area (Å²) in [6, 6.07) is 9.44. The summed E-state index contributed by atoms with van der Waals surface area (Å²) < 4.78 is 5.45. The summed E-state index contributed by atoms with van der Waals surface area (Å²) in [7, 11) is 0. The monoisotopic (exact) mass is 288 g/mol. The molecule has 0 N–H and O–H groups in total. The first kappa shape index (κ1) is 17.0. The Morgan fingerprint density at radius 2 is 2.10 bits per heavy atom. The van der Waals surface area contributed by atoms with Crippen LogP contribution in [0.15, 0.2) is 24.3 Å². The van der Waals surface area contributed by atoms with Crippen molar-refractivity contribution in [3.8, 4) is 6.07 Å². The van der Waals surface area contributed by atoms with Gasteiger partial charge in [0, 0.05) is 13.1 Å². The Morgan fingerprint density at radius 3 is 2.67 bits per heavy atom. The van der Waals surface area contributed by atoms with Crippen molar-refractivity contribution in [3.05, 3.63) is 35.4 Å². The molecule has 0 unspecified atom stereocenters. The number of unbranched alkanes of at least 4 members (excludes halogenated alkanes) is 1. The van der Waals surface area contributed by atoms with Crippen LogP contribution in [-0.2, 0) is 11.3 Å². The summed E-state index contributed by atoms with van der Waals surface area (Å²) >= 11 is 0. The summed E-state index contributed by atoms with van der Waals surface area (Å²) in [5.74, 6) is 0. The second-order valence-corrected chi connectivity index (χ2v) is 6.07. The van der Waals surface area contributed by atoms with E-state index in [0.717, 1.165) is 18.4 Å². The van der Waals surface area contributed by atoms with E-state index in [-0.39, 0.29) is 6.09 Å². The van der Waals surface area contributed by atoms with Crippen LogP contribution >= 0.6 is 0 Å². The third kappa shape index (κ3) is 6.31. The van der Waals surface area contributed by atoms with Crippen molar-refractivity contribution < 1.29 is 9.53 Å². The van der Waals surface area contributed by atoms with Crippen LogP contribution in [0.25, 0.3) is 0 Å². The Kier molecular flexibility index (Phi) is 6.23. The van der Waals surface area contributed by atoms with Crippen LogP contribution in [0.5, 0.6) is 0 Å². The van der Waals surface area contributed by atoms with Gasteiger partial charge in [0.05, 0.1) is 11.6 Å². The highest BCUT2D eigenvalue weighted by Crippen LogP contribution is 2.14. The van der Waals surface area contributed by atoms with Gasteiger partial charge in [-0.25, -0.2) is 4.79 Å². The maximum atomic E-state index is 12.3. The highest BCUT2D eigenvalue weighted by molar-refractivity contribution is 5.68. The minimum Gasteiger partial charge on any atom is -0.444 e. The van der Waals surface area contributed by atoms with Crippen molar-refractivity contribution in [1.29, 1.82) is 5.26 Å². The lowest BCUT2D eigenvalue weighted by molar-refractivity contribution is 0.0231. The Bertz CT molecular complexity index is 512. The first-order chi connectivity index (χ1) is 9.85. The third-order valence-electron chi connectivity index (χ3n) is 2.86. The maximum Gasteiger partial charge on any atom is 0.410 e. The fourth-order valence-electron chi connectivity index (χ4n) is 1.87. The Balaban J connectivity index is 2.82. The molecular weight excluding hydrogens is 264 g/mol. The topological polar surface area (TPSA) is 53.3 Å². The molecule has 0 aliphatic carbocycles. The summed E-state index contributed by atoms with van der Waals surface area (Å²) in [6.45, 7) is 8.79. The lowest BCUT2D eigenvalue weighted by Gasteiger charge is -2.27. The molecule has 1 aromatic rings. The van der Waals surface area contributed by atoms with Crippen LogP contribution in [0.3, 0.4) is 0 Å². The largest absolute Gasteiger partial charge is 0.444 e. The normalized spacial score (nSPS) is 10.8. The lowest BCUT2D eigenvalue weighted by atomic mass is 10.1. The van der Waals surface area contributed by atoms with Crippen molar-refractivity contribution in [2.45, 2.75) is 52.7 Å². The number of nitriles is 1. The number of hydrogen-bond acceptors (Lipinski definition) is 3. The Hall–Kier alpha value is -2.02. The molecule has 0 fully saturated rings. The highest BCUT2D eigenvalue weighted by Gasteiger charge is 2.21. The molecule has 0 spiro atoms. The van der Waals surface area contributed by atoms with Gasteiger partial charge >= 0.3 is 6.09 Å². The Labute approximate surface area is 127 Å². The van der Waals surface area contributed by atoms with E-state index >= 15 is 0 Å². The Morgan fingerprint density at radius 1 is 1.38 bits per heavy atom. The van der Waals surface area contributed by atoms with Crippen LogP contribution in [-0.4, -0.2) is 23.1 Å². The van der Waals surface area contributed by atoms with E-state index in [1.165, 1.54) is 0 Å². The van der Waals surface area contributed by atoms with E-state index in [4.69, 9.17) is 10.00 Å². The average Bonchev–Trinajstić information content (AvgIpc) is 2.41. The van der Waals surface area contributed by atoms with Crippen LogP contribution in [0.2, 0.25) is 0 Å². The van der Waals surface area contributed by atoms with Gasteiger partial charge in [0.25, 0.3) is 0 Å². The van der Waals surface area contributed by atoms with Gasteiger partial charge in [0.2, 0.25) is 0 Å². The van der Waals surface area contributed by atoms with E-state index in [0.29, 0.717) is 18.7 Å². The van der Waals surface area contributed by atoms with Crippen molar-refractivity contribution in [2.75, 3.05) is 6.54 Å². The van der Waals surface area contributed by atoms with Crippen LogP contribution in [0, 0.1) is 11.3 Å². The van der Waals surface area contributed by atoms with Gasteiger partial charge in [-0.15, -0.1) is 0 Å². The number of hydrogen-bond donors (Lipinski definition) is 0. The zero-order valence-corrected chi connectivity index (χ0v) is 13.3. The number of carbonyl (C=O) groups excluding carboxylic acids is 1. The molecule has 114 valence electrons. The first-order valence-corrected chi connectivity index (χ1v) is 7.32. The molecule has 21 heavy (non-hydrogen) atoms. The van der Waals surface area contributed by atoms with Crippen molar-refractivity contribution >= 4 is 6.09 Å². The smallest absolute Gasteiger partial charge is 0.410 e. The van der Waals surface area contributed by atoms with Gasteiger partial charge in [-0.3, -0.25) is 0 Å². The van der Waals surface area contributed by atoms with Crippen molar-refractivity contribution in [1.82, 2.24) is 4.90 Å². The predicted molar refractivity (Wildman–Crippen MR) is 82.7 cm³/mol. The molecule has 4 heteroatoms. The van der Waals surface area contributed by atoms with Crippen LogP contribution in [0.4, 0.5) is 4.79 Å². The fourth-order valence-corrected chi connectivity index (χ4v) is 1.87. The number of ether oxygens (including phenoxy) is 1. The zero-order valence-electron chi connectivity index (χ0n) is 13.3. The quantitative estimate of drug-likeness (QED) is 0.819. The molecule has 0 heterocycles. The maximum absolute atomic E-state index is 12.3. The average molecular weight is 288 g/mol. The molecular formula is C17H24N2O2. The van der Waals surface area contributed by atoms with Gasteiger partial charge in [-0.05, 0) is 44.9 Å². The van der Waals surface area contributed by atoms with Crippen LogP contribution < -0.4 is 0 Å². The van der Waals surface area contributed by atoms with Crippen molar-refractivity contribution in [3.63, 3.8) is 0 Å². The molecule has 0 saturated heterocycles. The zero-order chi connectivity index (χ0) is 15.9. The minimum atomic E-state index is -0.504. The van der Waals surface area contributed by atoms with Gasteiger partial charge in [0.15, 0.2) is 0 Å². The van der Waals surface area contributed by atoms with E-state index in [2.05, 4.69) is 13.0 Å². The molecule has 0 atom stereocenters. The van der Waals surface area contributed by atoms with E-state index < -0.39 is 5.60 Å². The SMILES string of the molecule is CCCCN(Cc1cccc(C#N)c1)C(=O)OC(C)(C)C. The molecule has 0 aliphatic heterocycles. The van der Waals surface area contributed by atoms with Gasteiger partial charge < -0.3 is 9.64 Å². The lowest BCUT2D eigenvalue weighted by Crippen LogP contribution is -2.37. The molecule has 0 radical (unpaired) electrons. The molecule has 0 aromatic heterocycles. The third-order valence-corrected chi connectivity index (χ3v) is 2.86. The van der Waals surface area contributed by atoms with Crippen LogP contribution in [0.1, 0.15) is 51.7 Å². The molecule has 0 bridgehead atoms. The molecule has 1 aromatic carbocycles. The first-order valence-electron chi connectivity index (χ1n) is 7.32. The summed E-state index contributed by atoms with van der Waals surface area (Å²) in [6.07, 6.45) is 1.63. The second kappa shape index (κ2) is 7.68. The number of amides is 1. The standard InChI is InChI=1S/C17H24N2O2/c1-5-6-10-19(16(20)21-17(2,3)4)13-15-9-7-8-14(11-15)12-18/h7-9,11H,5-6,10,13H2,1-4H3. The fraction of sp³-hybridized carbons (Fsp3) is 0.529. The van der Waals surface area contributed by atoms with E-state index in [1.807, 2.05) is 39.0 Å². The number of benzene rings is 1. The molecule has 0 saturated carbocycles. The van der Waals surface area contributed by atoms with Gasteiger partial charge in [-0.1, -0.05) is 25.5 Å². The molecule has 0 aliphatic rings. The van der Waals surface area contributed by atoms with Crippen molar-refractivity contribution in [2.24, 2.45) is 0 Å². The number of rotatable bonds is 5. The summed E-state index contributed by atoms with van der Waals surface area (Å²) in [5, 5.41) is 8.94. The summed E-state index contributed by atoms with van der Waals surface area (Å²) in [4.78, 5) is 14.0. The summed E-state index contributed by atoms with van der Waals surface area (Å²) in [5.41, 5.74) is 1.04. The minimum absolute atomic E-state index is 0.307. The highest BCUT2D eigenvalue weighted by atomic mass is 16.6. The molecule has 1 amide bonds. The van der Waals surface area contributed by atoms with Gasteiger partial charge in [-0.2, -0.15) is 5.26 Å². The van der Waals surface area contributed by atoms with Gasteiger partial charge in [0.1, 0.15) is 5.60 Å². The van der Waals surface area contributed by atoms with E-state index in [9.17, 15) is 4.79 Å². The predicted octanol–water partition coefficient (Wildman–Crippen LogP) is 4.10. The second-order valence-electron chi connectivity index (χ2n) is 6.07. The molecule has 1 rings (SSSR count). The van der Waals surface area contributed by atoms with E-state index in [1.54, 1.807) is 11.0 Å². The molecule has 4 nitrogen and oxygen atoms in total.